The number of nitrogens with one attached hydrogen (secondary N) is 1. The lowest BCUT2D eigenvalue weighted by atomic mass is 9.79. The van der Waals surface area contributed by atoms with Crippen molar-refractivity contribution in [1.82, 2.24) is 20.4 Å². The first kappa shape index (κ1) is 27.0. The molecule has 2 saturated heterocycles. The summed E-state index contributed by atoms with van der Waals surface area (Å²) >= 11 is 0. The summed E-state index contributed by atoms with van der Waals surface area (Å²) in [5, 5.41) is 17.5. The van der Waals surface area contributed by atoms with Crippen LogP contribution in [0.15, 0.2) is 59.1 Å². The molecule has 0 saturated carbocycles. The summed E-state index contributed by atoms with van der Waals surface area (Å²) in [5.41, 5.74) is 1.16. The van der Waals surface area contributed by atoms with E-state index in [9.17, 15) is 14.4 Å². The Morgan fingerprint density at radius 2 is 1.85 bits per heavy atom. The third kappa shape index (κ3) is 6.70. The summed E-state index contributed by atoms with van der Waals surface area (Å²) in [7, 11) is 0. The third-order valence-corrected chi connectivity index (χ3v) is 7.92. The smallest absolute Gasteiger partial charge is 0.247 e. The Balaban J connectivity index is 1.18. The normalized spacial score (nSPS) is 18.8. The van der Waals surface area contributed by atoms with Crippen LogP contribution in [0.5, 0.6) is 0 Å². The largest absolute Gasteiger partial charge is 0.381 e. The number of rotatable bonds is 9. The lowest BCUT2D eigenvalue weighted by molar-refractivity contribution is -0.128. The Bertz CT molecular complexity index is 1260. The van der Waals surface area contributed by atoms with E-state index in [1.165, 1.54) is 12.1 Å². The first-order valence-corrected chi connectivity index (χ1v) is 13.7. The number of piperidine rings is 1. The molecule has 3 aromatic rings. The molecule has 5 rings (SSSR count). The SMILES string of the molecule is N#CC1(c2nc(Cc3ccc(F)cc3)no2)CCN(CCC(NC(=O)C2CCOCC2)c2ccccc2)CC1. The number of carbonyl (C=O) groups is 1. The third-order valence-electron chi connectivity index (χ3n) is 7.92. The zero-order valence-electron chi connectivity index (χ0n) is 22.0. The minimum Gasteiger partial charge on any atom is -0.381 e. The van der Waals surface area contributed by atoms with Gasteiger partial charge in [-0.05, 0) is 55.4 Å². The van der Waals surface area contributed by atoms with Crippen LogP contribution < -0.4 is 5.32 Å². The fourth-order valence-electron chi connectivity index (χ4n) is 5.41. The van der Waals surface area contributed by atoms with E-state index in [1.54, 1.807) is 12.1 Å². The van der Waals surface area contributed by atoms with Crippen molar-refractivity contribution in [3.05, 3.63) is 83.3 Å². The number of carbonyl (C=O) groups excluding carboxylic acids is 1. The highest BCUT2D eigenvalue weighted by atomic mass is 19.1. The minimum absolute atomic E-state index is 0.00134. The molecule has 1 amide bonds. The van der Waals surface area contributed by atoms with E-state index in [-0.39, 0.29) is 23.7 Å². The maximum atomic E-state index is 13.2. The molecule has 1 N–H and O–H groups in total. The summed E-state index contributed by atoms with van der Waals surface area (Å²) in [4.78, 5) is 19.9. The average molecular weight is 532 g/mol. The number of ether oxygens (including phenoxy) is 1. The zero-order chi connectivity index (χ0) is 27.1. The number of amides is 1. The Morgan fingerprint density at radius 3 is 2.54 bits per heavy atom. The molecule has 0 aliphatic carbocycles. The summed E-state index contributed by atoms with van der Waals surface area (Å²) < 4.78 is 24.2. The van der Waals surface area contributed by atoms with Gasteiger partial charge in [-0.3, -0.25) is 4.79 Å². The lowest BCUT2D eigenvalue weighted by Crippen LogP contribution is -2.43. The predicted octanol–water partition coefficient (Wildman–Crippen LogP) is 4.33. The molecular formula is C30H34FN5O3. The maximum absolute atomic E-state index is 13.2. The van der Waals surface area contributed by atoms with Gasteiger partial charge >= 0.3 is 0 Å². The van der Waals surface area contributed by atoms with Gasteiger partial charge in [-0.2, -0.15) is 10.2 Å². The highest BCUT2D eigenvalue weighted by Gasteiger charge is 2.41. The molecule has 0 radical (unpaired) electrons. The van der Waals surface area contributed by atoms with E-state index in [0.717, 1.165) is 50.0 Å². The summed E-state index contributed by atoms with van der Waals surface area (Å²) in [6.07, 6.45) is 3.89. The van der Waals surface area contributed by atoms with Crippen molar-refractivity contribution in [3.63, 3.8) is 0 Å². The molecule has 204 valence electrons. The van der Waals surface area contributed by atoms with Crippen molar-refractivity contribution in [2.24, 2.45) is 5.92 Å². The van der Waals surface area contributed by atoms with Crippen LogP contribution in [0.2, 0.25) is 0 Å². The molecule has 0 bridgehead atoms. The fraction of sp³-hybridized carbons (Fsp3) is 0.467. The van der Waals surface area contributed by atoms with E-state index in [2.05, 4.69) is 38.6 Å². The molecule has 1 atom stereocenters. The molecule has 2 fully saturated rings. The van der Waals surface area contributed by atoms with E-state index >= 15 is 0 Å². The Hall–Kier alpha value is -3.61. The van der Waals surface area contributed by atoms with Crippen molar-refractivity contribution >= 4 is 5.91 Å². The van der Waals surface area contributed by atoms with Gasteiger partial charge in [0, 0.05) is 45.2 Å². The lowest BCUT2D eigenvalue weighted by Gasteiger charge is -2.35. The van der Waals surface area contributed by atoms with Gasteiger partial charge in [0.2, 0.25) is 11.8 Å². The van der Waals surface area contributed by atoms with E-state index in [4.69, 9.17) is 9.26 Å². The quantitative estimate of drug-likeness (QED) is 0.438. The van der Waals surface area contributed by atoms with Gasteiger partial charge in [-0.25, -0.2) is 4.39 Å². The number of hydrogen-bond acceptors (Lipinski definition) is 7. The summed E-state index contributed by atoms with van der Waals surface area (Å²) in [5.74, 6) is 0.646. The first-order chi connectivity index (χ1) is 19.0. The molecular weight excluding hydrogens is 497 g/mol. The van der Waals surface area contributed by atoms with Crippen LogP contribution >= 0.6 is 0 Å². The van der Waals surface area contributed by atoms with Crippen molar-refractivity contribution in [1.29, 1.82) is 5.26 Å². The number of aromatic nitrogens is 2. The number of hydrogen-bond donors (Lipinski definition) is 1. The van der Waals surface area contributed by atoms with Gasteiger partial charge in [-0.1, -0.05) is 47.6 Å². The Morgan fingerprint density at radius 1 is 1.13 bits per heavy atom. The second-order valence-corrected chi connectivity index (χ2v) is 10.5. The summed E-state index contributed by atoms with van der Waals surface area (Å²) in [6.45, 7) is 3.51. The standard InChI is InChI=1S/C30H34FN5O3/c31-25-8-6-22(7-9-25)20-27-34-29(39-35-27)30(21-32)13-16-36(17-14-30)15-10-26(23-4-2-1-3-5-23)33-28(37)24-11-18-38-19-12-24/h1-9,24,26H,10-20H2,(H,33,37). The second-order valence-electron chi connectivity index (χ2n) is 10.5. The number of nitrogens with zero attached hydrogens (tertiary/aromatic N) is 4. The molecule has 9 heteroatoms. The molecule has 2 aromatic carbocycles. The van der Waals surface area contributed by atoms with Crippen LogP contribution in [0.4, 0.5) is 4.39 Å². The highest BCUT2D eigenvalue weighted by Crippen LogP contribution is 2.34. The Labute approximate surface area is 228 Å². The van der Waals surface area contributed by atoms with E-state index in [0.29, 0.717) is 44.2 Å². The van der Waals surface area contributed by atoms with Crippen LogP contribution in [0.3, 0.4) is 0 Å². The van der Waals surface area contributed by atoms with Gasteiger partial charge in [0.1, 0.15) is 11.2 Å². The minimum atomic E-state index is -0.819. The number of likely N-dealkylation sites (tertiary alicyclic amines) is 1. The maximum Gasteiger partial charge on any atom is 0.247 e. The van der Waals surface area contributed by atoms with Crippen LogP contribution in [-0.2, 0) is 21.4 Å². The summed E-state index contributed by atoms with van der Waals surface area (Å²) in [6, 6.07) is 18.7. The van der Waals surface area contributed by atoms with E-state index < -0.39 is 5.41 Å². The molecule has 1 aromatic heterocycles. The van der Waals surface area contributed by atoms with Crippen LogP contribution in [0, 0.1) is 23.1 Å². The molecule has 2 aliphatic heterocycles. The van der Waals surface area contributed by atoms with Gasteiger partial charge in [-0.15, -0.1) is 0 Å². The molecule has 8 nitrogen and oxygen atoms in total. The van der Waals surface area contributed by atoms with Gasteiger partial charge in [0.15, 0.2) is 5.82 Å². The second kappa shape index (κ2) is 12.5. The van der Waals surface area contributed by atoms with Gasteiger partial charge < -0.3 is 19.5 Å². The van der Waals surface area contributed by atoms with E-state index in [1.807, 2.05) is 18.2 Å². The topological polar surface area (TPSA) is 104 Å². The molecule has 1 unspecified atom stereocenters. The van der Waals surface area contributed by atoms with Crippen LogP contribution in [-0.4, -0.2) is 53.8 Å². The monoisotopic (exact) mass is 531 g/mol. The molecule has 0 spiro atoms. The first-order valence-electron chi connectivity index (χ1n) is 13.7. The average Bonchev–Trinajstić information content (AvgIpc) is 3.46. The van der Waals surface area contributed by atoms with Crippen molar-refractivity contribution in [2.75, 3.05) is 32.8 Å². The van der Waals surface area contributed by atoms with Crippen LogP contribution in [0.25, 0.3) is 0 Å². The number of halogens is 1. The molecule has 2 aliphatic rings. The molecule has 39 heavy (non-hydrogen) atoms. The Kier molecular flexibility index (Phi) is 8.64. The fourth-order valence-corrected chi connectivity index (χ4v) is 5.41. The predicted molar refractivity (Wildman–Crippen MR) is 142 cm³/mol. The zero-order valence-corrected chi connectivity index (χ0v) is 22.0. The molecule has 3 heterocycles. The van der Waals surface area contributed by atoms with Gasteiger partial charge in [0.05, 0.1) is 12.1 Å². The van der Waals surface area contributed by atoms with Crippen molar-refractivity contribution in [3.8, 4) is 6.07 Å². The van der Waals surface area contributed by atoms with Gasteiger partial charge in [0.25, 0.3) is 0 Å². The van der Waals surface area contributed by atoms with Crippen LogP contribution in [0.1, 0.15) is 61.0 Å². The number of nitriles is 1. The highest BCUT2D eigenvalue weighted by molar-refractivity contribution is 5.79. The van der Waals surface area contributed by atoms with Crippen molar-refractivity contribution in [2.45, 2.75) is 50.0 Å². The van der Waals surface area contributed by atoms with Crippen molar-refractivity contribution < 1.29 is 18.4 Å². The number of benzene rings is 2.